The fraction of sp³-hybridized carbons (Fsp3) is 0.333. The number of rotatable bonds is 9. The highest BCUT2D eigenvalue weighted by Gasteiger charge is 2.27. The second-order valence-corrected chi connectivity index (χ2v) is 11.4. The zero-order chi connectivity index (χ0) is 27.4. The predicted octanol–water partition coefficient (Wildman–Crippen LogP) is 2.95. The Balaban J connectivity index is 1.54. The van der Waals surface area contributed by atoms with Crippen LogP contribution in [0.15, 0.2) is 59.8 Å². The lowest BCUT2D eigenvalue weighted by atomic mass is 9.87. The van der Waals surface area contributed by atoms with Crippen LogP contribution in [0.4, 0.5) is 5.95 Å². The number of aliphatic hydroxyl groups excluding tert-OH is 1. The molecule has 1 amide bonds. The van der Waals surface area contributed by atoms with E-state index in [2.05, 4.69) is 22.2 Å². The molecule has 1 aromatic heterocycles. The van der Waals surface area contributed by atoms with Crippen LogP contribution in [-0.4, -0.2) is 59.4 Å². The van der Waals surface area contributed by atoms with E-state index < -0.39 is 21.8 Å². The number of fused-ring (bicyclic) bond motifs is 1. The lowest BCUT2D eigenvalue weighted by Gasteiger charge is -2.34. The van der Waals surface area contributed by atoms with Crippen LogP contribution in [0.2, 0.25) is 0 Å². The van der Waals surface area contributed by atoms with Crippen molar-refractivity contribution in [2.45, 2.75) is 43.7 Å². The molecular formula is C27H30N4O6S. The van der Waals surface area contributed by atoms with E-state index in [1.54, 1.807) is 25.1 Å². The molecule has 0 saturated heterocycles. The molecule has 2 atom stereocenters. The van der Waals surface area contributed by atoms with Crippen molar-refractivity contribution < 1.29 is 28.2 Å². The maximum absolute atomic E-state index is 13.1. The Labute approximate surface area is 221 Å². The number of aromatic carboxylic acids is 1. The zero-order valence-corrected chi connectivity index (χ0v) is 22.0. The number of anilines is 1. The molecule has 4 rings (SSSR count). The van der Waals surface area contributed by atoms with Gasteiger partial charge in [0.25, 0.3) is 5.91 Å². The standard InChI is InChI=1S/C27H30N4O6S/c1-3-17-14-31(27-28-12-21(13-29-27)26(34)35)15-20-11-19(7-10-23(17)20)25(33)30-24(16-32)18-5-8-22(9-6-18)38(36,37)4-2/h5-13,17,24,32H,3-4,14-16H2,1-2H3,(H,30,33)(H,34,35)/t17-,24?/m0/s1. The van der Waals surface area contributed by atoms with Crippen molar-refractivity contribution in [1.29, 1.82) is 0 Å². The molecule has 0 radical (unpaired) electrons. The molecular weight excluding hydrogens is 508 g/mol. The molecule has 2 aromatic carbocycles. The van der Waals surface area contributed by atoms with Gasteiger partial charge >= 0.3 is 5.97 Å². The van der Waals surface area contributed by atoms with Crippen molar-refractivity contribution >= 4 is 27.7 Å². The van der Waals surface area contributed by atoms with Crippen LogP contribution in [0.25, 0.3) is 0 Å². The topological polar surface area (TPSA) is 150 Å². The highest BCUT2D eigenvalue weighted by Crippen LogP contribution is 2.33. The van der Waals surface area contributed by atoms with Gasteiger partial charge in [-0.25, -0.2) is 23.2 Å². The number of carboxylic acids is 1. The van der Waals surface area contributed by atoms with Crippen LogP contribution < -0.4 is 10.2 Å². The summed E-state index contributed by atoms with van der Waals surface area (Å²) in [6.45, 7) is 4.41. The Hall–Kier alpha value is -3.83. The van der Waals surface area contributed by atoms with Gasteiger partial charge < -0.3 is 20.4 Å². The van der Waals surface area contributed by atoms with Crippen LogP contribution in [0.5, 0.6) is 0 Å². The van der Waals surface area contributed by atoms with E-state index in [1.807, 2.05) is 17.0 Å². The number of benzene rings is 2. The molecule has 1 unspecified atom stereocenters. The fourth-order valence-corrected chi connectivity index (χ4v) is 5.45. The molecule has 1 aliphatic heterocycles. The van der Waals surface area contributed by atoms with Gasteiger partial charge in [0.2, 0.25) is 5.95 Å². The molecule has 3 aromatic rings. The van der Waals surface area contributed by atoms with Gasteiger partial charge in [-0.05, 0) is 47.4 Å². The fourth-order valence-electron chi connectivity index (χ4n) is 4.56. The van der Waals surface area contributed by atoms with E-state index in [0.717, 1.165) is 17.5 Å². The maximum atomic E-state index is 13.1. The van der Waals surface area contributed by atoms with Crippen LogP contribution in [0.1, 0.15) is 69.6 Å². The summed E-state index contributed by atoms with van der Waals surface area (Å²) in [6, 6.07) is 11.0. The van der Waals surface area contributed by atoms with Gasteiger partial charge in [-0.15, -0.1) is 0 Å². The van der Waals surface area contributed by atoms with Gasteiger partial charge in [-0.2, -0.15) is 0 Å². The minimum atomic E-state index is -3.35. The van der Waals surface area contributed by atoms with Crippen molar-refractivity contribution in [3.8, 4) is 0 Å². The summed E-state index contributed by atoms with van der Waals surface area (Å²) in [6.07, 6.45) is 3.42. The molecule has 0 fully saturated rings. The Kier molecular flexibility index (Phi) is 8.08. The number of nitrogens with zero attached hydrogens (tertiary/aromatic N) is 3. The van der Waals surface area contributed by atoms with Crippen molar-refractivity contribution in [3.63, 3.8) is 0 Å². The molecule has 2 heterocycles. The van der Waals surface area contributed by atoms with Crippen molar-refractivity contribution in [3.05, 3.63) is 82.7 Å². The number of carboxylic acid groups (broad SMARTS) is 1. The molecule has 11 heteroatoms. The second-order valence-electron chi connectivity index (χ2n) is 9.16. The number of amides is 1. The van der Waals surface area contributed by atoms with Gasteiger partial charge in [-0.3, -0.25) is 4.79 Å². The van der Waals surface area contributed by atoms with Gasteiger partial charge in [0, 0.05) is 37.0 Å². The lowest BCUT2D eigenvalue weighted by molar-refractivity contribution is 0.0695. The van der Waals surface area contributed by atoms with Crippen LogP contribution in [-0.2, 0) is 16.4 Å². The van der Waals surface area contributed by atoms with E-state index >= 15 is 0 Å². The lowest BCUT2D eigenvalue weighted by Crippen LogP contribution is -2.35. The van der Waals surface area contributed by atoms with E-state index in [-0.39, 0.29) is 34.6 Å². The van der Waals surface area contributed by atoms with Gasteiger partial charge in [0.05, 0.1) is 28.9 Å². The Morgan fingerprint density at radius 1 is 1.08 bits per heavy atom. The monoisotopic (exact) mass is 538 g/mol. The zero-order valence-electron chi connectivity index (χ0n) is 21.2. The summed E-state index contributed by atoms with van der Waals surface area (Å²) in [5.74, 6) is -0.874. The van der Waals surface area contributed by atoms with Crippen molar-refractivity contribution in [2.75, 3.05) is 23.8 Å². The first-order valence-electron chi connectivity index (χ1n) is 12.3. The number of sulfone groups is 1. The predicted molar refractivity (Wildman–Crippen MR) is 141 cm³/mol. The van der Waals surface area contributed by atoms with Gasteiger partial charge in [0.15, 0.2) is 9.84 Å². The highest BCUT2D eigenvalue weighted by atomic mass is 32.2. The van der Waals surface area contributed by atoms with Gasteiger partial charge in [0.1, 0.15) is 0 Å². The molecule has 3 N–H and O–H groups in total. The van der Waals surface area contributed by atoms with E-state index in [1.165, 1.54) is 24.5 Å². The van der Waals surface area contributed by atoms with Crippen LogP contribution >= 0.6 is 0 Å². The first-order chi connectivity index (χ1) is 18.2. The average Bonchev–Trinajstić information content (AvgIpc) is 2.94. The molecule has 0 spiro atoms. The number of aliphatic hydroxyl groups is 1. The Bertz CT molecular complexity index is 1420. The summed E-state index contributed by atoms with van der Waals surface area (Å²) in [5.41, 5.74) is 3.10. The number of carbonyl (C=O) groups excluding carboxylic acids is 1. The Morgan fingerprint density at radius 3 is 2.34 bits per heavy atom. The molecule has 1 aliphatic rings. The third-order valence-electron chi connectivity index (χ3n) is 6.82. The highest BCUT2D eigenvalue weighted by molar-refractivity contribution is 7.91. The minimum absolute atomic E-state index is 0.0113. The quantitative estimate of drug-likeness (QED) is 0.374. The van der Waals surface area contributed by atoms with Crippen molar-refractivity contribution in [1.82, 2.24) is 15.3 Å². The van der Waals surface area contributed by atoms with E-state index in [0.29, 0.717) is 30.2 Å². The summed E-state index contributed by atoms with van der Waals surface area (Å²) >= 11 is 0. The second kappa shape index (κ2) is 11.3. The molecule has 0 bridgehead atoms. The summed E-state index contributed by atoms with van der Waals surface area (Å²) in [7, 11) is -3.35. The summed E-state index contributed by atoms with van der Waals surface area (Å²) in [5, 5.41) is 21.9. The number of carbonyl (C=O) groups is 2. The van der Waals surface area contributed by atoms with Crippen LogP contribution in [0.3, 0.4) is 0 Å². The third kappa shape index (κ3) is 5.68. The summed E-state index contributed by atoms with van der Waals surface area (Å²) < 4.78 is 24.2. The SMILES string of the molecule is CC[C@H]1CN(c2ncc(C(=O)O)cn2)Cc2cc(C(=O)NC(CO)c3ccc(S(=O)(=O)CC)cc3)ccc21. The number of hydrogen-bond acceptors (Lipinski definition) is 8. The normalized spacial score (nSPS) is 16.0. The smallest absolute Gasteiger partial charge is 0.338 e. The Morgan fingerprint density at radius 2 is 1.76 bits per heavy atom. The van der Waals surface area contributed by atoms with E-state index in [9.17, 15) is 23.1 Å². The molecule has 10 nitrogen and oxygen atoms in total. The average molecular weight is 539 g/mol. The maximum Gasteiger partial charge on any atom is 0.338 e. The first kappa shape index (κ1) is 27.2. The largest absolute Gasteiger partial charge is 0.478 e. The van der Waals surface area contributed by atoms with Gasteiger partial charge in [-0.1, -0.05) is 32.0 Å². The molecule has 0 aliphatic carbocycles. The number of nitrogens with one attached hydrogen (secondary N) is 1. The minimum Gasteiger partial charge on any atom is -0.478 e. The molecule has 0 saturated carbocycles. The van der Waals surface area contributed by atoms with E-state index in [4.69, 9.17) is 5.11 Å². The number of aromatic nitrogens is 2. The number of hydrogen-bond donors (Lipinski definition) is 3. The molecule has 200 valence electrons. The first-order valence-corrected chi connectivity index (χ1v) is 14.0. The van der Waals surface area contributed by atoms with Crippen molar-refractivity contribution in [2.24, 2.45) is 0 Å². The third-order valence-corrected chi connectivity index (χ3v) is 8.57. The van der Waals surface area contributed by atoms with Crippen LogP contribution in [0, 0.1) is 0 Å². The summed E-state index contributed by atoms with van der Waals surface area (Å²) in [4.78, 5) is 34.9. The molecule has 38 heavy (non-hydrogen) atoms.